The molecule has 6 heteroatoms. The van der Waals surface area contributed by atoms with Crippen LogP contribution in [0.15, 0.2) is 61.3 Å². The van der Waals surface area contributed by atoms with Gasteiger partial charge in [0.25, 0.3) is 0 Å². The molecular formula is C18H12N6. The summed E-state index contributed by atoms with van der Waals surface area (Å²) in [5, 5.41) is 0. The van der Waals surface area contributed by atoms with Crippen molar-refractivity contribution in [3.8, 4) is 22.5 Å². The highest BCUT2D eigenvalue weighted by Gasteiger charge is 2.06. The third-order valence-corrected chi connectivity index (χ3v) is 4.07. The molecule has 0 bridgehead atoms. The smallest absolute Gasteiger partial charge is 0.181 e. The number of nitrogens with one attached hydrogen (secondary N) is 2. The fourth-order valence-corrected chi connectivity index (χ4v) is 2.80. The second-order valence-corrected chi connectivity index (χ2v) is 5.55. The van der Waals surface area contributed by atoms with Crippen LogP contribution in [0.1, 0.15) is 0 Å². The summed E-state index contributed by atoms with van der Waals surface area (Å²) in [5.41, 5.74) is 6.73. The van der Waals surface area contributed by atoms with E-state index in [1.807, 2.05) is 18.2 Å². The third-order valence-electron chi connectivity index (χ3n) is 4.07. The summed E-state index contributed by atoms with van der Waals surface area (Å²) in [4.78, 5) is 23.5. The van der Waals surface area contributed by atoms with Crippen LogP contribution < -0.4 is 0 Å². The van der Waals surface area contributed by atoms with Gasteiger partial charge in [0.15, 0.2) is 11.5 Å². The number of hydrogen-bond donors (Lipinski definition) is 2. The lowest BCUT2D eigenvalue weighted by atomic mass is 10.0. The molecule has 0 aliphatic rings. The minimum absolute atomic E-state index is 0.670. The van der Waals surface area contributed by atoms with Crippen LogP contribution in [0, 0.1) is 0 Å². The maximum Gasteiger partial charge on any atom is 0.181 e. The molecule has 0 saturated carbocycles. The van der Waals surface area contributed by atoms with Gasteiger partial charge in [0.2, 0.25) is 0 Å². The number of H-pyrrole nitrogens is 2. The van der Waals surface area contributed by atoms with Crippen molar-refractivity contribution < 1.29 is 0 Å². The van der Waals surface area contributed by atoms with E-state index in [2.05, 4.69) is 54.2 Å². The van der Waals surface area contributed by atoms with Crippen LogP contribution in [0.5, 0.6) is 0 Å². The lowest BCUT2D eigenvalue weighted by Gasteiger charge is -2.04. The summed E-state index contributed by atoms with van der Waals surface area (Å²) in [7, 11) is 0. The topological polar surface area (TPSA) is 83.1 Å². The number of fused-ring (bicyclic) bond motifs is 2. The molecule has 5 aromatic rings. The van der Waals surface area contributed by atoms with E-state index in [1.165, 1.54) is 0 Å². The van der Waals surface area contributed by atoms with Gasteiger partial charge < -0.3 is 9.97 Å². The molecule has 0 spiro atoms. The Morgan fingerprint density at radius 3 is 2.33 bits per heavy atom. The summed E-state index contributed by atoms with van der Waals surface area (Å²) in [5.74, 6) is 0.670. The average molecular weight is 312 g/mol. The molecule has 0 amide bonds. The van der Waals surface area contributed by atoms with Crippen LogP contribution in [0.3, 0.4) is 0 Å². The molecule has 0 unspecified atom stereocenters. The lowest BCUT2D eigenvalue weighted by Crippen LogP contribution is -1.89. The zero-order chi connectivity index (χ0) is 15.9. The van der Waals surface area contributed by atoms with E-state index in [-0.39, 0.29) is 0 Å². The van der Waals surface area contributed by atoms with Gasteiger partial charge >= 0.3 is 0 Å². The van der Waals surface area contributed by atoms with Gasteiger partial charge in [-0.2, -0.15) is 0 Å². The number of aromatic amines is 2. The molecular weight excluding hydrogens is 300 g/mol. The van der Waals surface area contributed by atoms with E-state index >= 15 is 0 Å². The van der Waals surface area contributed by atoms with Crippen LogP contribution in [0.2, 0.25) is 0 Å². The highest BCUT2D eigenvalue weighted by Crippen LogP contribution is 2.25. The molecule has 0 saturated heterocycles. The normalized spacial score (nSPS) is 11.3. The summed E-state index contributed by atoms with van der Waals surface area (Å²) >= 11 is 0. The lowest BCUT2D eigenvalue weighted by molar-refractivity contribution is 1.21. The van der Waals surface area contributed by atoms with Gasteiger partial charge in [0.1, 0.15) is 5.52 Å². The van der Waals surface area contributed by atoms with Crippen molar-refractivity contribution in [3.05, 3.63) is 61.3 Å². The number of hydrogen-bond acceptors (Lipinski definition) is 4. The summed E-state index contributed by atoms with van der Waals surface area (Å²) in [6.07, 6.45) is 5.08. The number of nitrogens with zero attached hydrogens (tertiary/aromatic N) is 4. The molecule has 3 aromatic heterocycles. The quantitative estimate of drug-likeness (QED) is 0.522. The van der Waals surface area contributed by atoms with Crippen molar-refractivity contribution in [1.82, 2.24) is 29.9 Å². The van der Waals surface area contributed by atoms with E-state index in [1.54, 1.807) is 18.9 Å². The van der Waals surface area contributed by atoms with Crippen molar-refractivity contribution in [2.75, 3.05) is 0 Å². The summed E-state index contributed by atoms with van der Waals surface area (Å²) in [6, 6.07) is 14.4. The van der Waals surface area contributed by atoms with Gasteiger partial charge in [-0.1, -0.05) is 30.3 Å². The Balaban J connectivity index is 1.53. The Bertz CT molecular complexity index is 1060. The van der Waals surface area contributed by atoms with Crippen molar-refractivity contribution in [2.24, 2.45) is 0 Å². The summed E-state index contributed by atoms with van der Waals surface area (Å²) < 4.78 is 0. The number of imidazole rings is 2. The largest absolute Gasteiger partial charge is 0.345 e. The van der Waals surface area contributed by atoms with Crippen LogP contribution in [0.4, 0.5) is 0 Å². The molecule has 0 atom stereocenters. The fraction of sp³-hybridized carbons (Fsp3) is 0. The average Bonchev–Trinajstić information content (AvgIpc) is 3.29. The Morgan fingerprint density at radius 1 is 0.667 bits per heavy atom. The van der Waals surface area contributed by atoms with Gasteiger partial charge in [-0.05, 0) is 23.3 Å². The van der Waals surface area contributed by atoms with Gasteiger partial charge in [0, 0.05) is 5.56 Å². The van der Waals surface area contributed by atoms with Crippen LogP contribution in [-0.4, -0.2) is 29.9 Å². The SMILES string of the molecule is c1nc2cc(-c3ccc(-c4ncc5[nH]cnc5n4)cc3)ccc2[nH]1. The molecule has 24 heavy (non-hydrogen) atoms. The van der Waals surface area contributed by atoms with Crippen LogP contribution in [0.25, 0.3) is 44.7 Å². The van der Waals surface area contributed by atoms with E-state index < -0.39 is 0 Å². The van der Waals surface area contributed by atoms with Crippen molar-refractivity contribution in [3.63, 3.8) is 0 Å². The second kappa shape index (κ2) is 4.99. The second-order valence-electron chi connectivity index (χ2n) is 5.55. The van der Waals surface area contributed by atoms with Gasteiger partial charge in [0.05, 0.1) is 29.9 Å². The van der Waals surface area contributed by atoms with Gasteiger partial charge in [-0.25, -0.2) is 19.9 Å². The predicted molar refractivity (Wildman–Crippen MR) is 92.2 cm³/mol. The third kappa shape index (κ3) is 2.04. The maximum atomic E-state index is 4.47. The Hall–Kier alpha value is -3.54. The van der Waals surface area contributed by atoms with E-state index in [4.69, 9.17) is 0 Å². The molecule has 0 radical (unpaired) electrons. The molecule has 0 fully saturated rings. The maximum absolute atomic E-state index is 4.47. The Labute approximate surface area is 136 Å². The van der Waals surface area contributed by atoms with Crippen molar-refractivity contribution >= 4 is 22.2 Å². The molecule has 2 N–H and O–H groups in total. The van der Waals surface area contributed by atoms with Gasteiger partial charge in [-0.15, -0.1) is 0 Å². The predicted octanol–water partition coefficient (Wildman–Crippen LogP) is 3.56. The number of rotatable bonds is 2. The van der Waals surface area contributed by atoms with Crippen LogP contribution in [-0.2, 0) is 0 Å². The molecule has 0 aliphatic carbocycles. The first-order valence-electron chi connectivity index (χ1n) is 7.57. The van der Waals surface area contributed by atoms with E-state index in [0.29, 0.717) is 11.5 Å². The molecule has 0 aliphatic heterocycles. The first kappa shape index (κ1) is 13.0. The monoisotopic (exact) mass is 312 g/mol. The molecule has 114 valence electrons. The van der Waals surface area contributed by atoms with Gasteiger partial charge in [-0.3, -0.25) is 0 Å². The zero-order valence-electron chi connectivity index (χ0n) is 12.6. The highest BCUT2D eigenvalue weighted by molar-refractivity contribution is 5.82. The highest BCUT2D eigenvalue weighted by atomic mass is 15.0. The van der Waals surface area contributed by atoms with Crippen molar-refractivity contribution in [2.45, 2.75) is 0 Å². The molecule has 3 heterocycles. The minimum atomic E-state index is 0.670. The van der Waals surface area contributed by atoms with E-state index in [9.17, 15) is 0 Å². The first-order chi connectivity index (χ1) is 11.9. The van der Waals surface area contributed by atoms with Crippen molar-refractivity contribution in [1.29, 1.82) is 0 Å². The number of aromatic nitrogens is 6. The molecule has 2 aromatic carbocycles. The Kier molecular flexibility index (Phi) is 2.69. The standard InChI is InChI=1S/C18H12N6/c1-3-12(17-19-8-16-18(24-17)23-10-22-16)4-2-11(1)13-5-6-14-15(7-13)21-9-20-14/h1-10H,(H,20,21)(H,19,22,23,24). The first-order valence-corrected chi connectivity index (χ1v) is 7.57. The minimum Gasteiger partial charge on any atom is -0.345 e. The Morgan fingerprint density at radius 2 is 1.42 bits per heavy atom. The molecule has 6 nitrogen and oxygen atoms in total. The van der Waals surface area contributed by atoms with E-state index in [0.717, 1.165) is 33.2 Å². The number of benzene rings is 2. The zero-order valence-corrected chi connectivity index (χ0v) is 12.6. The fourth-order valence-electron chi connectivity index (χ4n) is 2.80. The summed E-state index contributed by atoms with van der Waals surface area (Å²) in [6.45, 7) is 0. The molecule has 5 rings (SSSR count). The van der Waals surface area contributed by atoms with Crippen LogP contribution >= 0.6 is 0 Å².